The monoisotopic (exact) mass is 477 g/mol. The smallest absolute Gasteiger partial charge is 0.348 e. The van der Waals surface area contributed by atoms with Crippen LogP contribution in [0.1, 0.15) is 43.0 Å². The van der Waals surface area contributed by atoms with E-state index in [0.29, 0.717) is 16.3 Å². The molecule has 0 spiro atoms. The number of carbonyl (C=O) groups is 3. The topological polar surface area (TPSA) is 109 Å². The van der Waals surface area contributed by atoms with E-state index in [9.17, 15) is 14.4 Å². The summed E-state index contributed by atoms with van der Waals surface area (Å²) >= 11 is 6.87. The van der Waals surface area contributed by atoms with Crippen LogP contribution in [-0.4, -0.2) is 41.3 Å². The van der Waals surface area contributed by atoms with Gasteiger partial charge in [0.15, 0.2) is 12.4 Å². The Morgan fingerprint density at radius 1 is 1.22 bits per heavy atom. The van der Waals surface area contributed by atoms with E-state index in [1.165, 1.54) is 17.9 Å². The first-order chi connectivity index (χ1) is 15.3. The third-order valence-electron chi connectivity index (χ3n) is 4.26. The van der Waals surface area contributed by atoms with Gasteiger partial charge in [-0.25, -0.2) is 14.3 Å². The molecule has 0 unspecified atom stereocenters. The van der Waals surface area contributed by atoms with Crippen LogP contribution in [0.3, 0.4) is 0 Å². The third kappa shape index (κ3) is 5.27. The number of thiophene rings is 1. The number of methoxy groups -OCH3 is 1. The summed E-state index contributed by atoms with van der Waals surface area (Å²) in [7, 11) is 1.22. The van der Waals surface area contributed by atoms with Gasteiger partial charge in [0.05, 0.1) is 19.3 Å². The maximum atomic E-state index is 12.7. The molecule has 0 radical (unpaired) electrons. The second-order valence-electron chi connectivity index (χ2n) is 6.40. The number of aromatic nitrogens is 2. The molecular formula is C21H20ClN3O6S. The predicted octanol–water partition coefficient (Wildman–Crippen LogP) is 4.16. The Bertz CT molecular complexity index is 1160. The van der Waals surface area contributed by atoms with Gasteiger partial charge in [0.1, 0.15) is 15.6 Å². The van der Waals surface area contributed by atoms with Crippen LogP contribution in [0.2, 0.25) is 5.02 Å². The van der Waals surface area contributed by atoms with Gasteiger partial charge in [-0.2, -0.15) is 5.10 Å². The molecular weight excluding hydrogens is 458 g/mol. The molecule has 1 amide bonds. The van der Waals surface area contributed by atoms with Crippen LogP contribution in [-0.2, 0) is 16.2 Å². The summed E-state index contributed by atoms with van der Waals surface area (Å²) in [6, 6.07) is 8.39. The Balaban J connectivity index is 1.76. The number of hydrogen-bond acceptors (Lipinski definition) is 8. The number of nitrogens with one attached hydrogen (secondary N) is 1. The van der Waals surface area contributed by atoms with Crippen molar-refractivity contribution in [1.82, 2.24) is 9.78 Å². The average molecular weight is 478 g/mol. The first-order valence-electron chi connectivity index (χ1n) is 9.46. The van der Waals surface area contributed by atoms with Crippen molar-refractivity contribution < 1.29 is 28.6 Å². The second-order valence-corrected chi connectivity index (χ2v) is 7.85. The summed E-state index contributed by atoms with van der Waals surface area (Å²) in [6.07, 6.45) is 1.57. The van der Waals surface area contributed by atoms with Crippen LogP contribution < -0.4 is 10.1 Å². The molecule has 2 aromatic heterocycles. The summed E-state index contributed by atoms with van der Waals surface area (Å²) in [4.78, 5) is 37.4. The summed E-state index contributed by atoms with van der Waals surface area (Å²) in [5.74, 6) is -1.26. The van der Waals surface area contributed by atoms with Crippen LogP contribution in [0.4, 0.5) is 5.00 Å². The minimum absolute atomic E-state index is 0.0617. The van der Waals surface area contributed by atoms with E-state index in [2.05, 4.69) is 10.4 Å². The first-order valence-corrected chi connectivity index (χ1v) is 10.7. The summed E-state index contributed by atoms with van der Waals surface area (Å²) in [5.41, 5.74) is 0.563. The van der Waals surface area contributed by atoms with Gasteiger partial charge in [0, 0.05) is 11.2 Å². The molecule has 11 heteroatoms. The molecule has 3 aromatic rings. The van der Waals surface area contributed by atoms with Gasteiger partial charge in [-0.1, -0.05) is 17.7 Å². The van der Waals surface area contributed by atoms with Gasteiger partial charge < -0.3 is 19.5 Å². The van der Waals surface area contributed by atoms with Gasteiger partial charge in [-0.3, -0.25) is 4.79 Å². The number of nitrogens with zero attached hydrogens (tertiary/aromatic N) is 2. The normalized spacial score (nSPS) is 10.5. The fourth-order valence-corrected chi connectivity index (χ4v) is 4.02. The van der Waals surface area contributed by atoms with Gasteiger partial charge in [-0.15, -0.1) is 11.3 Å². The lowest BCUT2D eigenvalue weighted by molar-refractivity contribution is 0.0531. The number of esters is 2. The van der Waals surface area contributed by atoms with Crippen LogP contribution in [0.15, 0.2) is 36.5 Å². The van der Waals surface area contributed by atoms with Crippen molar-refractivity contribution in [2.75, 3.05) is 19.0 Å². The lowest BCUT2D eigenvalue weighted by Gasteiger charge is -2.06. The molecule has 3 rings (SSSR count). The van der Waals surface area contributed by atoms with E-state index in [1.54, 1.807) is 44.3 Å². The van der Waals surface area contributed by atoms with E-state index in [1.807, 2.05) is 0 Å². The second kappa shape index (κ2) is 10.3. The summed E-state index contributed by atoms with van der Waals surface area (Å²) < 4.78 is 16.8. The minimum atomic E-state index is -0.676. The maximum absolute atomic E-state index is 12.7. The highest BCUT2D eigenvalue weighted by atomic mass is 35.5. The molecule has 0 aliphatic carbocycles. The fourth-order valence-electron chi connectivity index (χ4n) is 2.76. The summed E-state index contributed by atoms with van der Waals surface area (Å²) in [5, 5.41) is 7.52. The zero-order chi connectivity index (χ0) is 23.3. The van der Waals surface area contributed by atoms with Crippen molar-refractivity contribution in [3.05, 3.63) is 63.2 Å². The van der Waals surface area contributed by atoms with Gasteiger partial charge in [0.25, 0.3) is 5.91 Å². The van der Waals surface area contributed by atoms with Gasteiger partial charge in [-0.05, 0) is 43.7 Å². The van der Waals surface area contributed by atoms with Crippen LogP contribution >= 0.6 is 22.9 Å². The predicted molar refractivity (Wildman–Crippen MR) is 119 cm³/mol. The minimum Gasteiger partial charge on any atom is -0.471 e. The van der Waals surface area contributed by atoms with Gasteiger partial charge >= 0.3 is 11.9 Å². The first kappa shape index (κ1) is 23.3. The molecule has 2 heterocycles. The average Bonchev–Trinajstić information content (AvgIpc) is 3.37. The Morgan fingerprint density at radius 3 is 2.69 bits per heavy atom. The molecule has 32 heavy (non-hydrogen) atoms. The SMILES string of the molecule is CCOC(=O)c1sc(NC(=O)c2ccn(COc3cccc(Cl)c3)n2)c(C(=O)OC)c1C. The van der Waals surface area contributed by atoms with E-state index >= 15 is 0 Å². The number of benzene rings is 1. The van der Waals surface area contributed by atoms with Crippen molar-refractivity contribution in [1.29, 1.82) is 0 Å². The number of carbonyl (C=O) groups excluding carboxylic acids is 3. The molecule has 0 aliphatic heterocycles. The largest absolute Gasteiger partial charge is 0.471 e. The number of anilines is 1. The molecule has 0 fully saturated rings. The Morgan fingerprint density at radius 2 is 2.00 bits per heavy atom. The quantitative estimate of drug-likeness (QED) is 0.485. The van der Waals surface area contributed by atoms with Crippen molar-refractivity contribution >= 4 is 45.8 Å². The highest BCUT2D eigenvalue weighted by Gasteiger charge is 2.27. The fraction of sp³-hybridized carbons (Fsp3) is 0.238. The summed E-state index contributed by atoms with van der Waals surface area (Å²) in [6.45, 7) is 3.51. The Kier molecular flexibility index (Phi) is 7.49. The molecule has 0 saturated heterocycles. The van der Waals surface area contributed by atoms with Crippen LogP contribution in [0, 0.1) is 6.92 Å². The zero-order valence-electron chi connectivity index (χ0n) is 17.5. The standard InChI is InChI=1S/C21H20ClN3O6S/c1-4-30-21(28)17-12(2)16(20(27)29-3)19(32-17)23-18(26)15-8-9-25(24-15)11-31-14-7-5-6-13(22)10-14/h5-10H,4,11H2,1-3H3,(H,23,26). The van der Waals surface area contributed by atoms with Crippen molar-refractivity contribution in [2.45, 2.75) is 20.6 Å². The Hall–Kier alpha value is -3.37. The number of amides is 1. The van der Waals surface area contributed by atoms with Crippen LogP contribution in [0.5, 0.6) is 5.75 Å². The van der Waals surface area contributed by atoms with Crippen molar-refractivity contribution in [3.63, 3.8) is 0 Å². The lowest BCUT2D eigenvalue weighted by atomic mass is 10.1. The molecule has 0 bridgehead atoms. The molecule has 0 atom stereocenters. The number of hydrogen-bond donors (Lipinski definition) is 1. The van der Waals surface area contributed by atoms with E-state index < -0.39 is 17.8 Å². The van der Waals surface area contributed by atoms with Crippen molar-refractivity contribution in [3.8, 4) is 5.75 Å². The Labute approximate surface area is 192 Å². The maximum Gasteiger partial charge on any atom is 0.348 e. The van der Waals surface area contributed by atoms with Gasteiger partial charge in [0.2, 0.25) is 0 Å². The molecule has 1 aromatic carbocycles. The van der Waals surface area contributed by atoms with E-state index in [4.69, 9.17) is 25.8 Å². The molecule has 0 aliphatic rings. The zero-order valence-corrected chi connectivity index (χ0v) is 19.1. The molecule has 168 valence electrons. The van der Waals surface area contributed by atoms with E-state index in [0.717, 1.165) is 11.3 Å². The number of ether oxygens (including phenoxy) is 3. The molecule has 0 saturated carbocycles. The molecule has 1 N–H and O–H groups in total. The number of halogens is 1. The van der Waals surface area contributed by atoms with E-state index in [-0.39, 0.29) is 34.5 Å². The van der Waals surface area contributed by atoms with Crippen LogP contribution in [0.25, 0.3) is 0 Å². The molecule has 9 nitrogen and oxygen atoms in total. The van der Waals surface area contributed by atoms with Crippen molar-refractivity contribution in [2.24, 2.45) is 0 Å². The lowest BCUT2D eigenvalue weighted by Crippen LogP contribution is -2.16. The highest BCUT2D eigenvalue weighted by molar-refractivity contribution is 7.18. The third-order valence-corrected chi connectivity index (χ3v) is 5.68. The number of rotatable bonds is 8. The highest BCUT2D eigenvalue weighted by Crippen LogP contribution is 2.34.